The van der Waals surface area contributed by atoms with Crippen molar-refractivity contribution in [1.82, 2.24) is 4.98 Å². The Bertz CT molecular complexity index is 397. The Morgan fingerprint density at radius 3 is 2.13 bits per heavy atom. The number of pyridine rings is 1. The van der Waals surface area contributed by atoms with Crippen molar-refractivity contribution in [2.45, 2.75) is 18.3 Å². The molecule has 1 aromatic heterocycles. The molecule has 0 saturated heterocycles. The Morgan fingerprint density at radius 1 is 1.27 bits per heavy atom. The topological polar surface area (TPSA) is 55.1 Å². The molecule has 78 valence electrons. The van der Waals surface area contributed by atoms with Crippen LogP contribution in [0.4, 0.5) is 0 Å². The third kappa shape index (κ3) is 1.40. The number of rotatable bonds is 3. The fourth-order valence-electron chi connectivity index (χ4n) is 1.75. The second kappa shape index (κ2) is 3.43. The zero-order valence-electron chi connectivity index (χ0n) is 8.78. The van der Waals surface area contributed by atoms with Crippen molar-refractivity contribution in [1.29, 1.82) is 5.26 Å². The number of hydrogen-bond donors (Lipinski definition) is 0. The minimum Gasteiger partial charge on any atom is -0.495 e. The van der Waals surface area contributed by atoms with Gasteiger partial charge < -0.3 is 9.47 Å². The second-order valence-electron chi connectivity index (χ2n) is 3.61. The summed E-state index contributed by atoms with van der Waals surface area (Å²) in [7, 11) is 3.15. The lowest BCUT2D eigenvalue weighted by molar-refractivity contribution is 0.378. The molecule has 0 bridgehead atoms. The largest absolute Gasteiger partial charge is 0.495 e. The quantitative estimate of drug-likeness (QED) is 0.751. The molecule has 2 rings (SSSR count). The van der Waals surface area contributed by atoms with Gasteiger partial charge in [-0.15, -0.1) is 0 Å². The highest BCUT2D eigenvalue weighted by Gasteiger charge is 2.49. The number of methoxy groups -OCH3 is 2. The molecule has 0 atom stereocenters. The summed E-state index contributed by atoms with van der Waals surface area (Å²) in [5.41, 5.74) is 0.421. The summed E-state index contributed by atoms with van der Waals surface area (Å²) in [6.07, 6.45) is 4.96. The number of nitriles is 1. The lowest BCUT2D eigenvalue weighted by Crippen LogP contribution is -2.08. The van der Waals surface area contributed by atoms with Gasteiger partial charge in [0.2, 0.25) is 0 Å². The van der Waals surface area contributed by atoms with Gasteiger partial charge in [-0.1, -0.05) is 0 Å². The standard InChI is InChI=1S/C11H12N2O2/c1-14-8-5-13-6-9(15-2)10(8)11(7-12)3-4-11/h5-6H,3-4H2,1-2H3. The van der Waals surface area contributed by atoms with E-state index < -0.39 is 5.41 Å². The zero-order valence-corrected chi connectivity index (χ0v) is 8.78. The SMILES string of the molecule is COc1cncc(OC)c1C1(C#N)CC1. The van der Waals surface area contributed by atoms with Crippen molar-refractivity contribution in [2.24, 2.45) is 0 Å². The second-order valence-corrected chi connectivity index (χ2v) is 3.61. The van der Waals surface area contributed by atoms with Crippen molar-refractivity contribution in [2.75, 3.05) is 14.2 Å². The molecule has 0 radical (unpaired) electrons. The molecule has 0 spiro atoms. The number of nitrogens with zero attached hydrogens (tertiary/aromatic N) is 2. The Hall–Kier alpha value is -1.76. The molecular formula is C11H12N2O2. The maximum Gasteiger partial charge on any atom is 0.145 e. The van der Waals surface area contributed by atoms with Gasteiger partial charge in [0.15, 0.2) is 0 Å². The van der Waals surface area contributed by atoms with Gasteiger partial charge in [0.05, 0.1) is 43.7 Å². The van der Waals surface area contributed by atoms with Crippen LogP contribution in [0.2, 0.25) is 0 Å². The van der Waals surface area contributed by atoms with E-state index in [1.54, 1.807) is 26.6 Å². The van der Waals surface area contributed by atoms with E-state index in [0.717, 1.165) is 18.4 Å². The minimum atomic E-state index is -0.417. The van der Waals surface area contributed by atoms with Gasteiger partial charge in [-0.25, -0.2) is 0 Å². The lowest BCUT2D eigenvalue weighted by Gasteiger charge is -2.15. The predicted octanol–water partition coefficient (Wildman–Crippen LogP) is 1.65. The summed E-state index contributed by atoms with van der Waals surface area (Å²) in [6.45, 7) is 0. The first-order valence-corrected chi connectivity index (χ1v) is 4.75. The molecule has 1 heterocycles. The highest BCUT2D eigenvalue weighted by molar-refractivity contribution is 5.54. The van der Waals surface area contributed by atoms with E-state index in [9.17, 15) is 0 Å². The van der Waals surface area contributed by atoms with Crippen molar-refractivity contribution < 1.29 is 9.47 Å². The maximum atomic E-state index is 9.17. The first-order valence-electron chi connectivity index (χ1n) is 4.75. The molecule has 0 N–H and O–H groups in total. The van der Waals surface area contributed by atoms with Gasteiger partial charge >= 0.3 is 0 Å². The molecule has 1 aliphatic carbocycles. The fourth-order valence-corrected chi connectivity index (χ4v) is 1.75. The highest BCUT2D eigenvalue weighted by atomic mass is 16.5. The first-order chi connectivity index (χ1) is 7.27. The van der Waals surface area contributed by atoms with Gasteiger partial charge in [0.1, 0.15) is 11.5 Å². The van der Waals surface area contributed by atoms with E-state index in [1.807, 2.05) is 0 Å². The Kier molecular flexibility index (Phi) is 2.24. The highest BCUT2D eigenvalue weighted by Crippen LogP contribution is 2.53. The molecule has 4 heteroatoms. The van der Waals surface area contributed by atoms with E-state index >= 15 is 0 Å². The summed E-state index contributed by atoms with van der Waals surface area (Å²) < 4.78 is 10.4. The molecule has 4 nitrogen and oxygen atoms in total. The average molecular weight is 204 g/mol. The summed E-state index contributed by atoms with van der Waals surface area (Å²) in [5, 5.41) is 9.17. The predicted molar refractivity (Wildman–Crippen MR) is 53.9 cm³/mol. The van der Waals surface area contributed by atoms with Crippen LogP contribution in [0.5, 0.6) is 11.5 Å². The molecular weight excluding hydrogens is 192 g/mol. The van der Waals surface area contributed by atoms with Crippen LogP contribution < -0.4 is 9.47 Å². The monoisotopic (exact) mass is 204 g/mol. The molecule has 0 aromatic carbocycles. The van der Waals surface area contributed by atoms with Crippen LogP contribution in [0.15, 0.2) is 12.4 Å². The minimum absolute atomic E-state index is 0.417. The summed E-state index contributed by atoms with van der Waals surface area (Å²) in [6, 6.07) is 2.33. The van der Waals surface area contributed by atoms with Crippen LogP contribution in [-0.4, -0.2) is 19.2 Å². The van der Waals surface area contributed by atoms with Crippen LogP contribution in [-0.2, 0) is 5.41 Å². The summed E-state index contributed by atoms with van der Waals surface area (Å²) in [4.78, 5) is 4.00. The van der Waals surface area contributed by atoms with Crippen LogP contribution in [0, 0.1) is 11.3 Å². The van der Waals surface area contributed by atoms with E-state index in [4.69, 9.17) is 14.7 Å². The Balaban J connectivity index is 2.57. The zero-order chi connectivity index (χ0) is 10.9. The smallest absolute Gasteiger partial charge is 0.145 e. The number of hydrogen-bond acceptors (Lipinski definition) is 4. The van der Waals surface area contributed by atoms with Gasteiger partial charge in [-0.05, 0) is 12.8 Å². The van der Waals surface area contributed by atoms with Gasteiger partial charge in [0.25, 0.3) is 0 Å². The van der Waals surface area contributed by atoms with Crippen molar-refractivity contribution in [3.8, 4) is 17.6 Å². The molecule has 0 unspecified atom stereocenters. The third-order valence-corrected chi connectivity index (χ3v) is 2.76. The van der Waals surface area contributed by atoms with Crippen LogP contribution >= 0.6 is 0 Å². The molecule has 1 aliphatic rings. The lowest BCUT2D eigenvalue weighted by atomic mass is 9.97. The number of ether oxygens (including phenoxy) is 2. The molecule has 1 fully saturated rings. The van der Waals surface area contributed by atoms with E-state index in [0.29, 0.717) is 11.5 Å². The number of aromatic nitrogens is 1. The van der Waals surface area contributed by atoms with Gasteiger partial charge in [0, 0.05) is 0 Å². The van der Waals surface area contributed by atoms with Gasteiger partial charge in [-0.2, -0.15) is 5.26 Å². The maximum absolute atomic E-state index is 9.17. The summed E-state index contributed by atoms with van der Waals surface area (Å²) >= 11 is 0. The average Bonchev–Trinajstić information content (AvgIpc) is 3.08. The van der Waals surface area contributed by atoms with Crippen molar-refractivity contribution >= 4 is 0 Å². The van der Waals surface area contributed by atoms with Crippen LogP contribution in [0.25, 0.3) is 0 Å². The normalized spacial score (nSPS) is 16.6. The fraction of sp³-hybridized carbons (Fsp3) is 0.455. The molecule has 1 saturated carbocycles. The van der Waals surface area contributed by atoms with Gasteiger partial charge in [-0.3, -0.25) is 4.98 Å². The molecule has 0 aliphatic heterocycles. The van der Waals surface area contributed by atoms with Crippen LogP contribution in [0.1, 0.15) is 18.4 Å². The van der Waals surface area contributed by atoms with Crippen LogP contribution in [0.3, 0.4) is 0 Å². The Labute approximate surface area is 88.5 Å². The first kappa shape index (κ1) is 9.78. The molecule has 0 amide bonds. The van der Waals surface area contributed by atoms with E-state index in [1.165, 1.54) is 0 Å². The Morgan fingerprint density at radius 2 is 1.80 bits per heavy atom. The molecule has 15 heavy (non-hydrogen) atoms. The third-order valence-electron chi connectivity index (χ3n) is 2.76. The van der Waals surface area contributed by atoms with Crippen molar-refractivity contribution in [3.63, 3.8) is 0 Å². The van der Waals surface area contributed by atoms with Crippen molar-refractivity contribution in [3.05, 3.63) is 18.0 Å². The summed E-state index contributed by atoms with van der Waals surface area (Å²) in [5.74, 6) is 1.27. The molecule has 1 aromatic rings. The van der Waals surface area contributed by atoms with E-state index in [2.05, 4.69) is 11.1 Å². The van der Waals surface area contributed by atoms with E-state index in [-0.39, 0.29) is 0 Å².